The molecule has 88 valence electrons. The molecule has 3 nitrogen and oxygen atoms in total. The van der Waals surface area contributed by atoms with Gasteiger partial charge in [0.1, 0.15) is 0 Å². The number of aryl methyl sites for hydroxylation is 3. The van der Waals surface area contributed by atoms with E-state index in [1.54, 1.807) is 0 Å². The first kappa shape index (κ1) is 11.4. The first-order chi connectivity index (χ1) is 7.61. The van der Waals surface area contributed by atoms with E-state index in [1.807, 2.05) is 0 Å². The Morgan fingerprint density at radius 2 is 1.88 bits per heavy atom. The molecule has 0 aromatic heterocycles. The summed E-state index contributed by atoms with van der Waals surface area (Å²) in [5.41, 5.74) is 5.36. The third-order valence-electron chi connectivity index (χ3n) is 3.29. The molecule has 0 aliphatic carbocycles. The smallest absolute Gasteiger partial charge is 0.0978 e. The summed E-state index contributed by atoms with van der Waals surface area (Å²) in [4.78, 5) is 7.30. The number of nitrogens with zero attached hydrogens (tertiary/aromatic N) is 1. The van der Waals surface area contributed by atoms with Crippen LogP contribution in [0.25, 0.3) is 0 Å². The topological polar surface area (TPSA) is 38.5 Å². The normalized spacial score (nSPS) is 20.5. The average Bonchev–Trinajstić information content (AvgIpc) is 2.64. The summed E-state index contributed by atoms with van der Waals surface area (Å²) in [5.74, 6) is 5.25. The standard InChI is InChI=1S/C13H20N2O/c1-9-6-10(2)13(11(3)7-9)15-5-4-12(8-15)16-14/h6-7,12H,4-5,8,14H2,1-3H3. The Hall–Kier alpha value is -1.06. The minimum atomic E-state index is 0.181. The van der Waals surface area contributed by atoms with E-state index in [-0.39, 0.29) is 6.10 Å². The van der Waals surface area contributed by atoms with Crippen molar-refractivity contribution in [2.45, 2.75) is 33.3 Å². The number of anilines is 1. The van der Waals surface area contributed by atoms with Crippen LogP contribution in [0.15, 0.2) is 12.1 Å². The fourth-order valence-electron chi connectivity index (χ4n) is 2.71. The van der Waals surface area contributed by atoms with Crippen LogP contribution < -0.4 is 10.8 Å². The van der Waals surface area contributed by atoms with Gasteiger partial charge in [0, 0.05) is 18.8 Å². The van der Waals surface area contributed by atoms with Gasteiger partial charge in [-0.25, -0.2) is 5.90 Å². The molecule has 3 heteroatoms. The molecule has 1 fully saturated rings. The Balaban J connectivity index is 2.28. The summed E-state index contributed by atoms with van der Waals surface area (Å²) >= 11 is 0. The van der Waals surface area contributed by atoms with Crippen LogP contribution in [0.5, 0.6) is 0 Å². The van der Waals surface area contributed by atoms with Crippen molar-refractivity contribution in [3.8, 4) is 0 Å². The van der Waals surface area contributed by atoms with E-state index in [4.69, 9.17) is 10.7 Å². The molecule has 1 saturated heterocycles. The van der Waals surface area contributed by atoms with Crippen LogP contribution in [-0.2, 0) is 4.84 Å². The van der Waals surface area contributed by atoms with Gasteiger partial charge in [-0.05, 0) is 38.3 Å². The van der Waals surface area contributed by atoms with Crippen molar-refractivity contribution >= 4 is 5.69 Å². The summed E-state index contributed by atoms with van der Waals surface area (Å²) in [5, 5.41) is 0. The lowest BCUT2D eigenvalue weighted by atomic mass is 10.0. The highest BCUT2D eigenvalue weighted by Crippen LogP contribution is 2.29. The van der Waals surface area contributed by atoms with Crippen LogP contribution >= 0.6 is 0 Å². The van der Waals surface area contributed by atoms with Crippen molar-refractivity contribution in [1.82, 2.24) is 0 Å². The van der Waals surface area contributed by atoms with Crippen LogP contribution in [0.4, 0.5) is 5.69 Å². The fourth-order valence-corrected chi connectivity index (χ4v) is 2.71. The zero-order chi connectivity index (χ0) is 11.7. The number of rotatable bonds is 2. The van der Waals surface area contributed by atoms with E-state index in [0.29, 0.717) is 0 Å². The van der Waals surface area contributed by atoms with Crippen molar-refractivity contribution in [2.75, 3.05) is 18.0 Å². The highest BCUT2D eigenvalue weighted by molar-refractivity contribution is 5.60. The Labute approximate surface area is 97.1 Å². The zero-order valence-electron chi connectivity index (χ0n) is 10.3. The van der Waals surface area contributed by atoms with E-state index >= 15 is 0 Å². The molecule has 1 heterocycles. The third-order valence-corrected chi connectivity index (χ3v) is 3.29. The molecular weight excluding hydrogens is 200 g/mol. The van der Waals surface area contributed by atoms with Gasteiger partial charge in [0.25, 0.3) is 0 Å². The van der Waals surface area contributed by atoms with Crippen molar-refractivity contribution in [1.29, 1.82) is 0 Å². The van der Waals surface area contributed by atoms with E-state index in [9.17, 15) is 0 Å². The van der Waals surface area contributed by atoms with E-state index in [2.05, 4.69) is 37.8 Å². The van der Waals surface area contributed by atoms with Gasteiger partial charge in [0.15, 0.2) is 0 Å². The first-order valence-corrected chi connectivity index (χ1v) is 5.80. The molecule has 1 atom stereocenters. The van der Waals surface area contributed by atoms with Gasteiger partial charge in [0.2, 0.25) is 0 Å². The predicted octanol–water partition coefficient (Wildman–Crippen LogP) is 2.08. The minimum absolute atomic E-state index is 0.181. The molecule has 2 rings (SSSR count). The second-order valence-corrected chi connectivity index (χ2v) is 4.74. The van der Waals surface area contributed by atoms with Gasteiger partial charge in [-0.3, -0.25) is 4.84 Å². The summed E-state index contributed by atoms with van der Waals surface area (Å²) in [6.45, 7) is 8.42. The van der Waals surface area contributed by atoms with Crippen molar-refractivity contribution in [2.24, 2.45) is 5.90 Å². The number of nitrogens with two attached hydrogens (primary N) is 1. The van der Waals surface area contributed by atoms with Gasteiger partial charge in [-0.2, -0.15) is 0 Å². The van der Waals surface area contributed by atoms with E-state index < -0.39 is 0 Å². The molecule has 0 radical (unpaired) electrons. The second-order valence-electron chi connectivity index (χ2n) is 4.74. The molecule has 16 heavy (non-hydrogen) atoms. The fraction of sp³-hybridized carbons (Fsp3) is 0.538. The lowest BCUT2D eigenvalue weighted by Crippen LogP contribution is -2.25. The molecule has 1 aromatic carbocycles. The molecule has 0 spiro atoms. The van der Waals surface area contributed by atoms with Gasteiger partial charge in [0.05, 0.1) is 6.10 Å². The Morgan fingerprint density at radius 3 is 2.38 bits per heavy atom. The van der Waals surface area contributed by atoms with Crippen molar-refractivity contribution < 1.29 is 4.84 Å². The monoisotopic (exact) mass is 220 g/mol. The van der Waals surface area contributed by atoms with Gasteiger partial charge in [-0.1, -0.05) is 17.7 Å². The summed E-state index contributed by atoms with van der Waals surface area (Å²) < 4.78 is 0. The third kappa shape index (κ3) is 2.06. The molecular formula is C13H20N2O. The predicted molar refractivity (Wildman–Crippen MR) is 66.5 cm³/mol. The highest BCUT2D eigenvalue weighted by atomic mass is 16.6. The van der Waals surface area contributed by atoms with Crippen molar-refractivity contribution in [3.63, 3.8) is 0 Å². The molecule has 1 aliphatic heterocycles. The molecule has 2 N–H and O–H groups in total. The summed E-state index contributed by atoms with van der Waals surface area (Å²) in [7, 11) is 0. The summed E-state index contributed by atoms with van der Waals surface area (Å²) in [6.07, 6.45) is 1.20. The highest BCUT2D eigenvalue weighted by Gasteiger charge is 2.24. The Bertz CT molecular complexity index is 367. The minimum Gasteiger partial charge on any atom is -0.368 e. The zero-order valence-corrected chi connectivity index (χ0v) is 10.3. The SMILES string of the molecule is Cc1cc(C)c(N2CCC(ON)C2)c(C)c1. The van der Waals surface area contributed by atoms with Gasteiger partial charge >= 0.3 is 0 Å². The quantitative estimate of drug-likeness (QED) is 0.775. The first-order valence-electron chi connectivity index (χ1n) is 5.80. The number of hydrogen-bond acceptors (Lipinski definition) is 3. The van der Waals surface area contributed by atoms with Gasteiger partial charge in [-0.15, -0.1) is 0 Å². The maximum atomic E-state index is 5.25. The molecule has 1 unspecified atom stereocenters. The lowest BCUT2D eigenvalue weighted by molar-refractivity contribution is 0.0690. The second kappa shape index (κ2) is 4.44. The van der Waals surface area contributed by atoms with Crippen LogP contribution in [0.3, 0.4) is 0 Å². The molecule has 0 bridgehead atoms. The Kier molecular flexibility index (Phi) is 3.17. The van der Waals surface area contributed by atoms with Crippen molar-refractivity contribution in [3.05, 3.63) is 28.8 Å². The number of benzene rings is 1. The molecule has 1 aromatic rings. The van der Waals surface area contributed by atoms with Crippen LogP contribution in [-0.4, -0.2) is 19.2 Å². The lowest BCUT2D eigenvalue weighted by Gasteiger charge is -2.23. The van der Waals surface area contributed by atoms with Crippen LogP contribution in [0, 0.1) is 20.8 Å². The largest absolute Gasteiger partial charge is 0.368 e. The van der Waals surface area contributed by atoms with E-state index in [0.717, 1.165) is 19.5 Å². The maximum absolute atomic E-state index is 5.25. The Morgan fingerprint density at radius 1 is 1.25 bits per heavy atom. The molecule has 0 amide bonds. The molecule has 0 saturated carbocycles. The average molecular weight is 220 g/mol. The van der Waals surface area contributed by atoms with Gasteiger partial charge < -0.3 is 4.90 Å². The van der Waals surface area contributed by atoms with Crippen LogP contribution in [0.2, 0.25) is 0 Å². The summed E-state index contributed by atoms with van der Waals surface area (Å²) in [6, 6.07) is 4.47. The van der Waals surface area contributed by atoms with Crippen LogP contribution in [0.1, 0.15) is 23.1 Å². The van der Waals surface area contributed by atoms with E-state index in [1.165, 1.54) is 22.4 Å². The number of hydrogen-bond donors (Lipinski definition) is 1. The maximum Gasteiger partial charge on any atom is 0.0978 e. The molecule has 1 aliphatic rings.